The molecule has 0 aromatic heterocycles. The topological polar surface area (TPSA) is 41.6 Å². The summed E-state index contributed by atoms with van der Waals surface area (Å²) in [5.74, 6) is 0.610. The minimum atomic E-state index is 0.0867. The molecule has 0 radical (unpaired) electrons. The van der Waals surface area contributed by atoms with Gasteiger partial charge in [0.05, 0.1) is 18.6 Å². The average Bonchev–Trinajstić information content (AvgIpc) is 3.34. The van der Waals surface area contributed by atoms with E-state index < -0.39 is 0 Å². The summed E-state index contributed by atoms with van der Waals surface area (Å²) in [6, 6.07) is 23.9. The lowest BCUT2D eigenvalue weighted by atomic mass is 9.80. The normalized spacial score (nSPS) is 23.3. The fourth-order valence-electron chi connectivity index (χ4n) is 5.82. The molecule has 4 heteroatoms. The second-order valence-electron chi connectivity index (χ2n) is 9.71. The van der Waals surface area contributed by atoms with Gasteiger partial charge in [-0.05, 0) is 48.1 Å². The van der Waals surface area contributed by atoms with E-state index in [9.17, 15) is 4.79 Å². The highest BCUT2D eigenvalue weighted by Crippen LogP contribution is 2.50. The van der Waals surface area contributed by atoms with E-state index in [-0.39, 0.29) is 18.1 Å². The summed E-state index contributed by atoms with van der Waals surface area (Å²) < 4.78 is 6.25. The number of carbonyl (C=O) groups is 1. The van der Waals surface area contributed by atoms with Crippen molar-refractivity contribution in [2.75, 3.05) is 18.5 Å². The fraction of sp³-hybridized carbons (Fsp3) is 0.345. The number of ether oxygens (including phenoxy) is 1. The zero-order chi connectivity index (χ0) is 22.4. The maximum absolute atomic E-state index is 13.1. The predicted molar refractivity (Wildman–Crippen MR) is 130 cm³/mol. The van der Waals surface area contributed by atoms with Crippen LogP contribution in [0.3, 0.4) is 0 Å². The standard InChI is InChI=1S/C29H30N2O2/c1-19-5-4-8-22(15-19)28-24-12-14-33-29(24)25-16-20(9-10-26(25)30-28)17-27(32)31-13-11-21-6-2-3-7-23(21)18-31/h2-10,15-16,24,28-30H,11-14,17-18H2,1H3/t24-,28-,29-/m1/s1. The Morgan fingerprint density at radius 3 is 2.82 bits per heavy atom. The Labute approximate surface area is 195 Å². The van der Waals surface area contributed by atoms with Crippen molar-refractivity contribution >= 4 is 11.6 Å². The molecule has 0 aliphatic carbocycles. The van der Waals surface area contributed by atoms with Crippen LogP contribution in [0.1, 0.15) is 51.9 Å². The molecule has 1 fully saturated rings. The summed E-state index contributed by atoms with van der Waals surface area (Å²) >= 11 is 0. The number of aryl methyl sites for hydroxylation is 1. The van der Waals surface area contributed by atoms with E-state index >= 15 is 0 Å². The number of benzene rings is 3. The average molecular weight is 439 g/mol. The van der Waals surface area contributed by atoms with Gasteiger partial charge in [0.2, 0.25) is 5.91 Å². The van der Waals surface area contributed by atoms with Crippen molar-refractivity contribution in [2.45, 2.75) is 44.9 Å². The first kappa shape index (κ1) is 20.5. The number of hydrogen-bond donors (Lipinski definition) is 1. The number of amides is 1. The molecule has 1 saturated heterocycles. The predicted octanol–water partition coefficient (Wildman–Crippen LogP) is 5.37. The van der Waals surface area contributed by atoms with Gasteiger partial charge in [0.15, 0.2) is 0 Å². The van der Waals surface area contributed by atoms with Gasteiger partial charge in [0.1, 0.15) is 0 Å². The minimum Gasteiger partial charge on any atom is -0.378 e. The zero-order valence-electron chi connectivity index (χ0n) is 19.1. The van der Waals surface area contributed by atoms with Crippen molar-refractivity contribution in [3.8, 4) is 0 Å². The molecule has 3 aromatic rings. The number of rotatable bonds is 3. The molecule has 3 aliphatic heterocycles. The van der Waals surface area contributed by atoms with Gasteiger partial charge < -0.3 is 15.0 Å². The molecular weight excluding hydrogens is 408 g/mol. The first-order valence-corrected chi connectivity index (χ1v) is 12.1. The quantitative estimate of drug-likeness (QED) is 0.598. The van der Waals surface area contributed by atoms with Gasteiger partial charge in [-0.1, -0.05) is 66.2 Å². The summed E-state index contributed by atoms with van der Waals surface area (Å²) in [5, 5.41) is 3.79. The Morgan fingerprint density at radius 1 is 1.06 bits per heavy atom. The molecule has 0 unspecified atom stereocenters. The number of anilines is 1. The Kier molecular flexibility index (Phi) is 5.18. The molecular formula is C29H30N2O2. The zero-order valence-corrected chi connectivity index (χ0v) is 19.1. The molecule has 0 saturated carbocycles. The Hall–Kier alpha value is -3.11. The third kappa shape index (κ3) is 3.83. The van der Waals surface area contributed by atoms with Crippen molar-refractivity contribution in [1.82, 2.24) is 4.90 Å². The van der Waals surface area contributed by atoms with Gasteiger partial charge in [0, 0.05) is 36.9 Å². The summed E-state index contributed by atoms with van der Waals surface area (Å²) in [4.78, 5) is 15.1. The highest BCUT2D eigenvalue weighted by molar-refractivity contribution is 5.79. The van der Waals surface area contributed by atoms with Gasteiger partial charge >= 0.3 is 0 Å². The summed E-state index contributed by atoms with van der Waals surface area (Å²) in [6.45, 7) is 4.45. The number of nitrogens with one attached hydrogen (secondary N) is 1. The molecule has 33 heavy (non-hydrogen) atoms. The largest absolute Gasteiger partial charge is 0.378 e. The highest BCUT2D eigenvalue weighted by Gasteiger charge is 2.41. The fourth-order valence-corrected chi connectivity index (χ4v) is 5.82. The van der Waals surface area contributed by atoms with Crippen molar-refractivity contribution < 1.29 is 9.53 Å². The number of nitrogens with zero attached hydrogens (tertiary/aromatic N) is 1. The van der Waals surface area contributed by atoms with Crippen LogP contribution in [0.5, 0.6) is 0 Å². The van der Waals surface area contributed by atoms with E-state index in [0.717, 1.165) is 37.2 Å². The number of hydrogen-bond acceptors (Lipinski definition) is 3. The van der Waals surface area contributed by atoms with Crippen LogP contribution in [0.25, 0.3) is 0 Å². The second-order valence-corrected chi connectivity index (χ2v) is 9.71. The van der Waals surface area contributed by atoms with Crippen molar-refractivity contribution in [3.05, 3.63) is 100 Å². The molecule has 4 nitrogen and oxygen atoms in total. The van der Waals surface area contributed by atoms with Crippen molar-refractivity contribution in [1.29, 1.82) is 0 Å². The van der Waals surface area contributed by atoms with Crippen molar-refractivity contribution in [3.63, 3.8) is 0 Å². The van der Waals surface area contributed by atoms with E-state index in [4.69, 9.17) is 4.74 Å². The van der Waals surface area contributed by atoms with Gasteiger partial charge in [-0.3, -0.25) is 4.79 Å². The van der Waals surface area contributed by atoms with Gasteiger partial charge in [0.25, 0.3) is 0 Å². The Bertz CT molecular complexity index is 1200. The van der Waals surface area contributed by atoms with E-state index in [0.29, 0.717) is 18.9 Å². The van der Waals surface area contributed by atoms with E-state index in [1.807, 2.05) is 4.90 Å². The molecule has 3 atom stereocenters. The van der Waals surface area contributed by atoms with E-state index in [1.165, 1.54) is 27.8 Å². The van der Waals surface area contributed by atoms with Crippen LogP contribution >= 0.6 is 0 Å². The van der Waals surface area contributed by atoms with Gasteiger partial charge in [-0.15, -0.1) is 0 Å². The third-order valence-corrected chi connectivity index (χ3v) is 7.54. The van der Waals surface area contributed by atoms with Gasteiger partial charge in [-0.25, -0.2) is 0 Å². The SMILES string of the molecule is Cc1cccc([C@H]2Nc3ccc(CC(=O)N4CCc5ccccc5C4)cc3[C@@H]3OCC[C@H]23)c1. The minimum absolute atomic E-state index is 0.0867. The molecule has 1 amide bonds. The molecule has 0 bridgehead atoms. The van der Waals surface area contributed by atoms with E-state index in [2.05, 4.69) is 79.0 Å². The number of carbonyl (C=O) groups excluding carboxylic acids is 1. The van der Waals surface area contributed by atoms with Crippen LogP contribution in [-0.2, 0) is 28.9 Å². The number of fused-ring (bicyclic) bond motifs is 4. The maximum Gasteiger partial charge on any atom is 0.227 e. The molecule has 3 aromatic carbocycles. The van der Waals surface area contributed by atoms with Crippen LogP contribution in [-0.4, -0.2) is 24.0 Å². The van der Waals surface area contributed by atoms with Crippen LogP contribution in [0.4, 0.5) is 5.69 Å². The summed E-state index contributed by atoms with van der Waals surface area (Å²) in [6.07, 6.45) is 2.51. The lowest BCUT2D eigenvalue weighted by Crippen LogP contribution is -2.37. The first-order valence-electron chi connectivity index (χ1n) is 12.1. The molecule has 168 valence electrons. The summed E-state index contributed by atoms with van der Waals surface area (Å²) in [7, 11) is 0. The third-order valence-electron chi connectivity index (χ3n) is 7.54. The van der Waals surface area contributed by atoms with Crippen LogP contribution in [0.15, 0.2) is 66.7 Å². The molecule has 3 heterocycles. The molecule has 1 N–H and O–H groups in total. The molecule has 0 spiro atoms. The molecule has 6 rings (SSSR count). The monoisotopic (exact) mass is 438 g/mol. The lowest BCUT2D eigenvalue weighted by Gasteiger charge is -2.37. The second kappa shape index (κ2) is 8.35. The Morgan fingerprint density at radius 2 is 1.94 bits per heavy atom. The lowest BCUT2D eigenvalue weighted by molar-refractivity contribution is -0.131. The van der Waals surface area contributed by atoms with E-state index in [1.54, 1.807) is 0 Å². The van der Waals surface area contributed by atoms with Crippen molar-refractivity contribution in [2.24, 2.45) is 5.92 Å². The van der Waals surface area contributed by atoms with Crippen LogP contribution in [0.2, 0.25) is 0 Å². The smallest absolute Gasteiger partial charge is 0.227 e. The maximum atomic E-state index is 13.1. The first-order chi connectivity index (χ1) is 16.2. The Balaban J connectivity index is 1.22. The van der Waals surface area contributed by atoms with Gasteiger partial charge in [-0.2, -0.15) is 0 Å². The molecule has 3 aliphatic rings. The highest BCUT2D eigenvalue weighted by atomic mass is 16.5. The summed E-state index contributed by atoms with van der Waals surface area (Å²) in [5.41, 5.74) is 8.66. The van der Waals surface area contributed by atoms with Crippen LogP contribution in [0, 0.1) is 12.8 Å². The van der Waals surface area contributed by atoms with Crippen LogP contribution < -0.4 is 5.32 Å².